The fourth-order valence-electron chi connectivity index (χ4n) is 2.82. The molecule has 0 aliphatic carbocycles. The molecule has 27 heavy (non-hydrogen) atoms. The van der Waals surface area contributed by atoms with Gasteiger partial charge in [-0.05, 0) is 23.8 Å². The minimum Gasteiger partial charge on any atom is -0.493 e. The van der Waals surface area contributed by atoms with Crippen LogP contribution in [0.15, 0.2) is 41.4 Å². The highest BCUT2D eigenvalue weighted by Crippen LogP contribution is 2.39. The lowest BCUT2D eigenvalue weighted by Crippen LogP contribution is -2.38. The van der Waals surface area contributed by atoms with Crippen LogP contribution in [0.3, 0.4) is 0 Å². The van der Waals surface area contributed by atoms with Crippen molar-refractivity contribution >= 4 is 17.6 Å². The van der Waals surface area contributed by atoms with Gasteiger partial charge in [-0.25, -0.2) is 0 Å². The summed E-state index contributed by atoms with van der Waals surface area (Å²) in [5, 5.41) is 4.08. The second kappa shape index (κ2) is 9.92. The summed E-state index contributed by atoms with van der Waals surface area (Å²) >= 11 is 6.26. The van der Waals surface area contributed by atoms with Gasteiger partial charge in [0.25, 0.3) is 0 Å². The van der Waals surface area contributed by atoms with Gasteiger partial charge in [0.1, 0.15) is 0 Å². The first-order valence-electron chi connectivity index (χ1n) is 8.48. The van der Waals surface area contributed by atoms with Crippen molar-refractivity contribution in [3.63, 3.8) is 0 Å². The van der Waals surface area contributed by atoms with E-state index in [1.165, 1.54) is 0 Å². The lowest BCUT2D eigenvalue weighted by atomic mass is 10.1. The second-order valence-electron chi connectivity index (χ2n) is 5.84. The molecular weight excluding hydrogens is 366 g/mol. The number of hydrogen-bond acceptors (Lipinski definition) is 4. The Bertz CT molecular complexity index is 796. The molecule has 0 saturated heterocycles. The van der Waals surface area contributed by atoms with Crippen molar-refractivity contribution in [2.24, 2.45) is 4.99 Å². The molecule has 7 heteroatoms. The number of ether oxygens (including phenoxy) is 3. The molecule has 2 rings (SSSR count). The summed E-state index contributed by atoms with van der Waals surface area (Å²) in [6.07, 6.45) is 0. The molecule has 146 valence electrons. The van der Waals surface area contributed by atoms with Crippen LogP contribution in [-0.2, 0) is 13.1 Å². The SMILES string of the molecule is CN=C(NCc1ccc(OC)c(OC)c1OC)N(C)Cc1ccccc1Cl. The van der Waals surface area contributed by atoms with Gasteiger partial charge in [0, 0.05) is 37.8 Å². The van der Waals surface area contributed by atoms with Crippen LogP contribution < -0.4 is 19.5 Å². The highest BCUT2D eigenvalue weighted by molar-refractivity contribution is 6.31. The van der Waals surface area contributed by atoms with Crippen LogP contribution in [0.4, 0.5) is 0 Å². The van der Waals surface area contributed by atoms with Gasteiger partial charge in [0.15, 0.2) is 17.5 Å². The summed E-state index contributed by atoms with van der Waals surface area (Å²) < 4.78 is 16.3. The number of nitrogens with zero attached hydrogens (tertiary/aromatic N) is 2. The third-order valence-corrected chi connectivity index (χ3v) is 4.53. The topological polar surface area (TPSA) is 55.3 Å². The molecule has 2 aromatic carbocycles. The maximum atomic E-state index is 6.26. The number of guanidine groups is 1. The molecule has 1 N–H and O–H groups in total. The highest BCUT2D eigenvalue weighted by Gasteiger charge is 2.16. The molecule has 0 bridgehead atoms. The van der Waals surface area contributed by atoms with E-state index >= 15 is 0 Å². The van der Waals surface area contributed by atoms with Gasteiger partial charge in [-0.15, -0.1) is 0 Å². The van der Waals surface area contributed by atoms with Crippen molar-refractivity contribution in [2.45, 2.75) is 13.1 Å². The van der Waals surface area contributed by atoms with E-state index in [4.69, 9.17) is 25.8 Å². The molecule has 2 aromatic rings. The van der Waals surface area contributed by atoms with E-state index in [0.717, 1.165) is 22.1 Å². The second-order valence-corrected chi connectivity index (χ2v) is 6.25. The summed E-state index contributed by atoms with van der Waals surface area (Å²) in [5.41, 5.74) is 1.97. The van der Waals surface area contributed by atoms with E-state index in [1.54, 1.807) is 28.4 Å². The number of nitrogens with one attached hydrogen (secondary N) is 1. The maximum Gasteiger partial charge on any atom is 0.203 e. The third-order valence-electron chi connectivity index (χ3n) is 4.16. The van der Waals surface area contributed by atoms with Crippen molar-refractivity contribution in [3.8, 4) is 17.2 Å². The van der Waals surface area contributed by atoms with Crippen molar-refractivity contribution < 1.29 is 14.2 Å². The molecule has 0 aliphatic heterocycles. The number of methoxy groups -OCH3 is 3. The Morgan fingerprint density at radius 1 is 1.00 bits per heavy atom. The van der Waals surface area contributed by atoms with Gasteiger partial charge in [-0.2, -0.15) is 0 Å². The average Bonchev–Trinajstić information content (AvgIpc) is 2.69. The number of halogens is 1. The standard InChI is InChI=1S/C20H26ClN3O3/c1-22-20(24(2)13-15-8-6-7-9-16(15)21)23-12-14-10-11-17(25-3)19(27-5)18(14)26-4/h6-11H,12-13H2,1-5H3,(H,22,23). The lowest BCUT2D eigenvalue weighted by Gasteiger charge is -2.23. The quantitative estimate of drug-likeness (QED) is 0.577. The lowest BCUT2D eigenvalue weighted by molar-refractivity contribution is 0.322. The first kappa shape index (κ1) is 20.7. The minimum absolute atomic E-state index is 0.517. The van der Waals surface area contributed by atoms with Crippen LogP contribution in [0.25, 0.3) is 0 Å². The van der Waals surface area contributed by atoms with Crippen LogP contribution in [0.5, 0.6) is 17.2 Å². The zero-order valence-electron chi connectivity index (χ0n) is 16.4. The highest BCUT2D eigenvalue weighted by atomic mass is 35.5. The number of aliphatic imine (C=N–C) groups is 1. The molecule has 0 heterocycles. The van der Waals surface area contributed by atoms with Crippen molar-refractivity contribution in [2.75, 3.05) is 35.4 Å². The predicted octanol–water partition coefficient (Wildman–Crippen LogP) is 3.57. The Balaban J connectivity index is 2.13. The molecule has 0 saturated carbocycles. The summed E-state index contributed by atoms with van der Waals surface area (Å²) in [4.78, 5) is 6.36. The molecule has 0 unspecified atom stereocenters. The summed E-state index contributed by atoms with van der Waals surface area (Å²) in [5.74, 6) is 2.57. The first-order chi connectivity index (χ1) is 13.0. The molecule has 6 nitrogen and oxygen atoms in total. The van der Waals surface area contributed by atoms with Gasteiger partial charge >= 0.3 is 0 Å². The van der Waals surface area contributed by atoms with Gasteiger partial charge in [-0.1, -0.05) is 29.8 Å². The minimum atomic E-state index is 0.517. The molecular formula is C20H26ClN3O3. The van der Waals surface area contributed by atoms with E-state index in [0.29, 0.717) is 30.3 Å². The van der Waals surface area contributed by atoms with Gasteiger partial charge in [0.05, 0.1) is 21.3 Å². The molecule has 0 radical (unpaired) electrons. The summed E-state index contributed by atoms with van der Waals surface area (Å²) in [6.45, 7) is 1.16. The van der Waals surface area contributed by atoms with Crippen LogP contribution in [0.1, 0.15) is 11.1 Å². The van der Waals surface area contributed by atoms with Crippen molar-refractivity contribution in [1.29, 1.82) is 0 Å². The monoisotopic (exact) mass is 391 g/mol. The Morgan fingerprint density at radius 3 is 2.30 bits per heavy atom. The molecule has 0 spiro atoms. The Labute approximate surface area is 165 Å². The van der Waals surface area contributed by atoms with Crippen molar-refractivity contribution in [1.82, 2.24) is 10.2 Å². The van der Waals surface area contributed by atoms with Crippen LogP contribution in [-0.4, -0.2) is 46.3 Å². The van der Waals surface area contributed by atoms with Crippen LogP contribution in [0.2, 0.25) is 5.02 Å². The van der Waals surface area contributed by atoms with E-state index in [9.17, 15) is 0 Å². The van der Waals surface area contributed by atoms with Crippen molar-refractivity contribution in [3.05, 3.63) is 52.5 Å². The van der Waals surface area contributed by atoms with E-state index in [-0.39, 0.29) is 0 Å². The summed E-state index contributed by atoms with van der Waals surface area (Å²) in [7, 11) is 8.51. The van der Waals surface area contributed by atoms with Gasteiger partial charge in [-0.3, -0.25) is 4.99 Å². The Hall–Kier alpha value is -2.60. The molecule has 0 amide bonds. The number of rotatable bonds is 7. The largest absolute Gasteiger partial charge is 0.493 e. The number of benzene rings is 2. The fraction of sp³-hybridized carbons (Fsp3) is 0.350. The van der Waals surface area contributed by atoms with E-state index < -0.39 is 0 Å². The Morgan fingerprint density at radius 2 is 1.70 bits per heavy atom. The van der Waals surface area contributed by atoms with E-state index in [2.05, 4.69) is 10.3 Å². The first-order valence-corrected chi connectivity index (χ1v) is 8.86. The third kappa shape index (κ3) is 4.98. The molecule has 0 aromatic heterocycles. The zero-order chi connectivity index (χ0) is 19.8. The smallest absolute Gasteiger partial charge is 0.203 e. The zero-order valence-corrected chi connectivity index (χ0v) is 17.1. The van der Waals surface area contributed by atoms with Gasteiger partial charge < -0.3 is 24.4 Å². The van der Waals surface area contributed by atoms with E-state index in [1.807, 2.05) is 48.3 Å². The van der Waals surface area contributed by atoms with Crippen LogP contribution in [0, 0.1) is 0 Å². The normalized spacial score (nSPS) is 11.1. The fourth-order valence-corrected chi connectivity index (χ4v) is 3.01. The van der Waals surface area contributed by atoms with Gasteiger partial charge in [0.2, 0.25) is 5.75 Å². The molecule has 0 fully saturated rings. The van der Waals surface area contributed by atoms with Crippen LogP contribution >= 0.6 is 11.6 Å². The number of hydrogen-bond donors (Lipinski definition) is 1. The summed E-state index contributed by atoms with van der Waals surface area (Å²) in [6, 6.07) is 11.6. The molecule has 0 atom stereocenters. The Kier molecular flexibility index (Phi) is 7.61. The predicted molar refractivity (Wildman–Crippen MR) is 109 cm³/mol. The maximum absolute atomic E-state index is 6.26. The molecule has 0 aliphatic rings. The average molecular weight is 392 g/mol.